The fourth-order valence-corrected chi connectivity index (χ4v) is 3.96. The maximum absolute atomic E-state index is 12.5. The molecule has 3 rings (SSSR count). The number of H-pyrrole nitrogens is 1. The molecule has 3 N–H and O–H groups in total. The number of aromatic amines is 1. The Morgan fingerprint density at radius 2 is 1.65 bits per heavy atom. The second-order valence-corrected chi connectivity index (χ2v) is 9.67. The lowest BCUT2D eigenvalue weighted by atomic mass is 9.86. The van der Waals surface area contributed by atoms with Crippen LogP contribution >= 0.6 is 0 Å². The quantitative estimate of drug-likeness (QED) is 0.586. The third-order valence-corrected chi connectivity index (χ3v) is 5.84. The minimum atomic E-state index is -3.74. The minimum Gasteiger partial charge on any atom is -0.483 e. The molecule has 1 amide bonds. The van der Waals surface area contributed by atoms with Gasteiger partial charge in [-0.15, -0.1) is 0 Å². The number of benzene rings is 2. The number of pyridine rings is 1. The van der Waals surface area contributed by atoms with Crippen LogP contribution in [0.25, 0.3) is 0 Å². The SMILES string of the molecule is CC(C)(C)c1ccccc1OCC(=O)Nc1ccc(S(=O)(=O)Nc2cccc[nH+]2)cc1. The predicted octanol–water partition coefficient (Wildman–Crippen LogP) is 3.62. The summed E-state index contributed by atoms with van der Waals surface area (Å²) in [5.41, 5.74) is 1.38. The summed E-state index contributed by atoms with van der Waals surface area (Å²) >= 11 is 0. The molecule has 0 saturated carbocycles. The van der Waals surface area contributed by atoms with Gasteiger partial charge in [0.05, 0.1) is 6.20 Å². The second kappa shape index (κ2) is 9.18. The van der Waals surface area contributed by atoms with Crippen LogP contribution in [-0.4, -0.2) is 20.9 Å². The van der Waals surface area contributed by atoms with Gasteiger partial charge in [0.1, 0.15) is 10.6 Å². The summed E-state index contributed by atoms with van der Waals surface area (Å²) < 4.78 is 33.1. The first-order chi connectivity index (χ1) is 14.6. The summed E-state index contributed by atoms with van der Waals surface area (Å²) in [7, 11) is -3.74. The van der Waals surface area contributed by atoms with Crippen molar-refractivity contribution in [3.63, 3.8) is 0 Å². The van der Waals surface area contributed by atoms with Gasteiger partial charge in [0, 0.05) is 11.8 Å². The normalized spacial score (nSPS) is 11.6. The Bertz CT molecular complexity index is 1140. The maximum Gasteiger partial charge on any atom is 0.328 e. The Kier molecular flexibility index (Phi) is 6.60. The van der Waals surface area contributed by atoms with E-state index >= 15 is 0 Å². The summed E-state index contributed by atoms with van der Waals surface area (Å²) in [6, 6.07) is 18.6. The molecule has 31 heavy (non-hydrogen) atoms. The Morgan fingerprint density at radius 1 is 0.968 bits per heavy atom. The van der Waals surface area contributed by atoms with Gasteiger partial charge in [0.15, 0.2) is 6.61 Å². The molecule has 0 saturated heterocycles. The highest BCUT2D eigenvalue weighted by atomic mass is 32.2. The van der Waals surface area contributed by atoms with Gasteiger partial charge in [0.2, 0.25) is 0 Å². The number of ether oxygens (including phenoxy) is 1. The molecular weight excluding hydrogens is 414 g/mol. The van der Waals surface area contributed by atoms with E-state index in [4.69, 9.17) is 4.74 Å². The number of hydrogen-bond acceptors (Lipinski definition) is 4. The molecule has 0 fully saturated rings. The number of carbonyl (C=O) groups is 1. The third-order valence-electron chi connectivity index (χ3n) is 4.46. The molecule has 1 aromatic heterocycles. The number of aromatic nitrogens is 1. The van der Waals surface area contributed by atoms with Gasteiger partial charge in [-0.1, -0.05) is 45.0 Å². The highest BCUT2D eigenvalue weighted by molar-refractivity contribution is 7.92. The van der Waals surface area contributed by atoms with Crippen LogP contribution in [0.15, 0.2) is 77.8 Å². The summed E-state index contributed by atoms with van der Waals surface area (Å²) in [6.45, 7) is 6.08. The van der Waals surface area contributed by atoms with Crippen molar-refractivity contribution in [3.05, 3.63) is 78.5 Å². The lowest BCUT2D eigenvalue weighted by molar-refractivity contribution is -0.360. The fourth-order valence-electron chi connectivity index (χ4n) is 2.93. The topological polar surface area (TPSA) is 98.6 Å². The smallest absolute Gasteiger partial charge is 0.328 e. The van der Waals surface area contributed by atoms with Gasteiger partial charge in [-0.2, -0.15) is 13.1 Å². The summed E-state index contributed by atoms with van der Waals surface area (Å²) in [5.74, 6) is 0.680. The van der Waals surface area contributed by atoms with Gasteiger partial charge in [-0.25, -0.2) is 4.98 Å². The minimum absolute atomic E-state index is 0.0816. The zero-order chi connectivity index (χ0) is 22.5. The largest absolute Gasteiger partial charge is 0.483 e. The fraction of sp³-hybridized carbons (Fsp3) is 0.217. The first-order valence-corrected chi connectivity index (χ1v) is 11.3. The Labute approximate surface area is 182 Å². The molecule has 0 bridgehead atoms. The van der Waals surface area contributed by atoms with Crippen molar-refractivity contribution < 1.29 is 22.9 Å². The van der Waals surface area contributed by atoms with Crippen molar-refractivity contribution in [2.75, 3.05) is 16.6 Å². The molecule has 162 valence electrons. The van der Waals surface area contributed by atoms with Crippen molar-refractivity contribution in [1.29, 1.82) is 0 Å². The van der Waals surface area contributed by atoms with Crippen LogP contribution in [0.4, 0.5) is 11.5 Å². The lowest BCUT2D eigenvalue weighted by Crippen LogP contribution is -2.22. The maximum atomic E-state index is 12.5. The first-order valence-electron chi connectivity index (χ1n) is 9.77. The van der Waals surface area contributed by atoms with Crippen LogP contribution in [0.3, 0.4) is 0 Å². The molecule has 8 heteroatoms. The standard InChI is InChI=1S/C23H25N3O4S/c1-23(2,3)19-8-4-5-9-20(19)30-16-22(27)25-17-11-13-18(14-12-17)31(28,29)26-21-10-6-7-15-24-21/h4-15H,16H2,1-3H3,(H,24,26)(H,25,27)/p+1. The average molecular weight is 441 g/mol. The highest BCUT2D eigenvalue weighted by Crippen LogP contribution is 2.30. The van der Waals surface area contributed by atoms with E-state index in [9.17, 15) is 13.2 Å². The van der Waals surface area contributed by atoms with E-state index in [0.29, 0.717) is 17.3 Å². The number of nitrogens with one attached hydrogen (secondary N) is 3. The van der Waals surface area contributed by atoms with Crippen molar-refractivity contribution in [3.8, 4) is 5.75 Å². The molecular formula is C23H26N3O4S+. The van der Waals surface area contributed by atoms with Gasteiger partial charge in [-0.3, -0.25) is 4.79 Å². The number of hydrogen-bond donors (Lipinski definition) is 2. The summed E-state index contributed by atoms with van der Waals surface area (Å²) in [6.07, 6.45) is 1.62. The Morgan fingerprint density at radius 3 is 2.29 bits per heavy atom. The Hall–Kier alpha value is -3.39. The van der Waals surface area contributed by atoms with Gasteiger partial charge in [-0.05, 0) is 47.4 Å². The third kappa shape index (κ3) is 6.05. The van der Waals surface area contributed by atoms with Crippen LogP contribution < -0.4 is 19.8 Å². The number of carbonyl (C=O) groups excluding carboxylic acids is 1. The molecule has 0 aliphatic heterocycles. The lowest BCUT2D eigenvalue weighted by Gasteiger charge is -2.22. The van der Waals surface area contributed by atoms with Crippen LogP contribution in [0.1, 0.15) is 26.3 Å². The first kappa shape index (κ1) is 22.3. The van der Waals surface area contributed by atoms with Crippen LogP contribution in [0.5, 0.6) is 5.75 Å². The highest BCUT2D eigenvalue weighted by Gasteiger charge is 2.21. The molecule has 7 nitrogen and oxygen atoms in total. The van der Waals surface area contributed by atoms with E-state index < -0.39 is 10.0 Å². The molecule has 2 aromatic carbocycles. The van der Waals surface area contributed by atoms with E-state index in [1.807, 2.05) is 24.3 Å². The van der Waals surface area contributed by atoms with Crippen molar-refractivity contribution >= 4 is 27.4 Å². The number of para-hydroxylation sites is 1. The van der Waals surface area contributed by atoms with Crippen molar-refractivity contribution in [2.24, 2.45) is 0 Å². The molecule has 0 radical (unpaired) electrons. The van der Waals surface area contributed by atoms with Gasteiger partial charge in [0.25, 0.3) is 11.7 Å². The molecule has 1 heterocycles. The zero-order valence-corrected chi connectivity index (χ0v) is 18.5. The predicted molar refractivity (Wildman–Crippen MR) is 120 cm³/mol. The number of amides is 1. The molecule has 0 atom stereocenters. The van der Waals surface area contributed by atoms with E-state index in [1.165, 1.54) is 24.3 Å². The van der Waals surface area contributed by atoms with E-state index in [0.717, 1.165) is 5.56 Å². The molecule has 0 aliphatic rings. The number of anilines is 2. The summed E-state index contributed by atoms with van der Waals surface area (Å²) in [4.78, 5) is 15.2. The van der Waals surface area contributed by atoms with E-state index in [1.54, 1.807) is 24.4 Å². The monoisotopic (exact) mass is 440 g/mol. The second-order valence-electron chi connectivity index (χ2n) is 7.99. The van der Waals surface area contributed by atoms with Crippen LogP contribution in [0, 0.1) is 0 Å². The molecule has 0 spiro atoms. The van der Waals surface area contributed by atoms with E-state index in [2.05, 4.69) is 35.8 Å². The molecule has 0 aliphatic carbocycles. The van der Waals surface area contributed by atoms with Crippen molar-refractivity contribution in [2.45, 2.75) is 31.1 Å². The number of rotatable bonds is 7. The average Bonchev–Trinajstić information content (AvgIpc) is 2.73. The van der Waals surface area contributed by atoms with Gasteiger partial charge < -0.3 is 10.1 Å². The van der Waals surface area contributed by atoms with Crippen LogP contribution in [-0.2, 0) is 20.2 Å². The molecule has 3 aromatic rings. The van der Waals surface area contributed by atoms with Gasteiger partial charge >= 0.3 is 10.0 Å². The zero-order valence-electron chi connectivity index (χ0n) is 17.7. The van der Waals surface area contributed by atoms with E-state index in [-0.39, 0.29) is 22.8 Å². The molecule has 0 unspecified atom stereocenters. The van der Waals surface area contributed by atoms with Crippen LogP contribution in [0.2, 0.25) is 0 Å². The summed E-state index contributed by atoms with van der Waals surface area (Å²) in [5, 5.41) is 2.71. The Balaban J connectivity index is 1.61. The van der Waals surface area contributed by atoms with Crippen molar-refractivity contribution in [1.82, 2.24) is 0 Å². The number of sulfonamides is 1.